The maximum atomic E-state index is 13.7. The third-order valence-electron chi connectivity index (χ3n) is 2.69. The second-order valence-electron chi connectivity index (χ2n) is 4.46. The Morgan fingerprint density at radius 3 is 2.43 bits per heavy atom. The van der Waals surface area contributed by atoms with Gasteiger partial charge in [0, 0.05) is 12.8 Å². The Kier molecular flexibility index (Phi) is 6.64. The number of thioether (sulfide) groups is 1. The van der Waals surface area contributed by atoms with Crippen molar-refractivity contribution in [2.45, 2.75) is 22.6 Å². The van der Waals surface area contributed by atoms with Crippen LogP contribution in [0.3, 0.4) is 0 Å². The molecule has 1 N–H and O–H groups in total. The summed E-state index contributed by atoms with van der Waals surface area (Å²) >= 11 is 1.66. The fourth-order valence-electron chi connectivity index (χ4n) is 1.58. The van der Waals surface area contributed by atoms with Crippen LogP contribution < -0.4 is 4.72 Å². The van der Waals surface area contributed by atoms with Crippen molar-refractivity contribution in [2.75, 3.05) is 24.8 Å². The number of sulfonamides is 1. The van der Waals surface area contributed by atoms with Crippen LogP contribution in [0.4, 0.5) is 4.39 Å². The van der Waals surface area contributed by atoms with Gasteiger partial charge >= 0.3 is 0 Å². The van der Waals surface area contributed by atoms with Crippen LogP contribution in [-0.4, -0.2) is 41.6 Å². The lowest BCUT2D eigenvalue weighted by molar-refractivity contribution is 0.553. The highest BCUT2D eigenvalue weighted by atomic mass is 32.2. The Morgan fingerprint density at radius 1 is 1.19 bits per heavy atom. The van der Waals surface area contributed by atoms with Gasteiger partial charge in [0.2, 0.25) is 10.0 Å². The zero-order valence-electron chi connectivity index (χ0n) is 11.8. The summed E-state index contributed by atoms with van der Waals surface area (Å²) in [7, 11) is -7.65. The topological polar surface area (TPSA) is 80.3 Å². The SMILES string of the molecule is CSCCCCNS(=O)(=O)c1cc(S(C)(=O)=O)ccc1F. The Balaban J connectivity index is 2.92. The average Bonchev–Trinajstić information content (AvgIpc) is 2.37. The second kappa shape index (κ2) is 7.57. The van der Waals surface area contributed by atoms with E-state index in [2.05, 4.69) is 4.72 Å². The van der Waals surface area contributed by atoms with Crippen molar-refractivity contribution in [3.8, 4) is 0 Å². The van der Waals surface area contributed by atoms with Gasteiger partial charge in [-0.25, -0.2) is 25.9 Å². The number of halogens is 1. The van der Waals surface area contributed by atoms with E-state index in [0.717, 1.165) is 36.6 Å². The molecule has 0 spiro atoms. The molecular weight excluding hydrogens is 337 g/mol. The lowest BCUT2D eigenvalue weighted by Crippen LogP contribution is -2.26. The quantitative estimate of drug-likeness (QED) is 0.566. The molecule has 0 fully saturated rings. The number of hydrogen-bond acceptors (Lipinski definition) is 5. The van der Waals surface area contributed by atoms with Crippen molar-refractivity contribution in [3.63, 3.8) is 0 Å². The molecule has 0 aliphatic heterocycles. The lowest BCUT2D eigenvalue weighted by atomic mass is 10.3. The molecular formula is C12H18FNO4S3. The van der Waals surface area contributed by atoms with Crippen LogP contribution in [-0.2, 0) is 19.9 Å². The minimum absolute atomic E-state index is 0.186. The molecule has 0 bridgehead atoms. The molecule has 9 heteroatoms. The number of sulfone groups is 1. The summed E-state index contributed by atoms with van der Waals surface area (Å²) in [5.74, 6) is -0.0568. The maximum Gasteiger partial charge on any atom is 0.243 e. The molecule has 0 aromatic heterocycles. The molecule has 0 radical (unpaired) electrons. The Labute approximate surface area is 129 Å². The van der Waals surface area contributed by atoms with E-state index < -0.39 is 30.6 Å². The van der Waals surface area contributed by atoms with Gasteiger partial charge in [0.25, 0.3) is 0 Å². The first-order chi connectivity index (χ1) is 9.68. The fraction of sp³-hybridized carbons (Fsp3) is 0.500. The highest BCUT2D eigenvalue weighted by Crippen LogP contribution is 2.19. The van der Waals surface area contributed by atoms with Gasteiger partial charge in [-0.05, 0) is 43.0 Å². The predicted octanol–water partition coefficient (Wildman–Crippen LogP) is 1.65. The molecule has 0 aliphatic carbocycles. The van der Waals surface area contributed by atoms with Crippen LogP contribution in [0.5, 0.6) is 0 Å². The number of nitrogens with one attached hydrogen (secondary N) is 1. The summed E-state index contributed by atoms with van der Waals surface area (Å²) in [5, 5.41) is 0. The minimum atomic E-state index is -4.06. The zero-order valence-corrected chi connectivity index (χ0v) is 14.2. The number of benzene rings is 1. The Morgan fingerprint density at radius 2 is 1.86 bits per heavy atom. The molecule has 120 valence electrons. The first-order valence-corrected chi connectivity index (χ1v) is 10.9. The van der Waals surface area contributed by atoms with E-state index in [9.17, 15) is 21.2 Å². The van der Waals surface area contributed by atoms with E-state index in [1.54, 1.807) is 11.8 Å². The number of unbranched alkanes of at least 4 members (excludes halogenated alkanes) is 1. The van der Waals surface area contributed by atoms with E-state index >= 15 is 0 Å². The average molecular weight is 355 g/mol. The van der Waals surface area contributed by atoms with E-state index in [1.165, 1.54) is 0 Å². The minimum Gasteiger partial charge on any atom is -0.224 e. The van der Waals surface area contributed by atoms with Crippen molar-refractivity contribution >= 4 is 31.6 Å². The fourth-order valence-corrected chi connectivity index (χ4v) is 3.97. The molecule has 1 rings (SSSR count). The first kappa shape index (κ1) is 18.4. The van der Waals surface area contributed by atoms with Crippen LogP contribution in [0.1, 0.15) is 12.8 Å². The van der Waals surface area contributed by atoms with Gasteiger partial charge in [-0.15, -0.1) is 0 Å². The van der Waals surface area contributed by atoms with Crippen molar-refractivity contribution < 1.29 is 21.2 Å². The maximum absolute atomic E-state index is 13.7. The first-order valence-electron chi connectivity index (χ1n) is 6.16. The van der Waals surface area contributed by atoms with E-state index in [-0.39, 0.29) is 11.4 Å². The highest BCUT2D eigenvalue weighted by Gasteiger charge is 2.21. The van der Waals surface area contributed by atoms with Crippen LogP contribution in [0.2, 0.25) is 0 Å². The van der Waals surface area contributed by atoms with Crippen LogP contribution in [0.25, 0.3) is 0 Å². The zero-order chi connectivity index (χ0) is 16.1. The molecule has 0 amide bonds. The summed E-state index contributed by atoms with van der Waals surface area (Å²) in [6, 6.07) is 2.73. The molecule has 0 saturated heterocycles. The third kappa shape index (κ3) is 5.57. The largest absolute Gasteiger partial charge is 0.243 e. The van der Waals surface area contributed by atoms with Gasteiger partial charge < -0.3 is 0 Å². The molecule has 0 saturated carbocycles. The van der Waals surface area contributed by atoms with Gasteiger partial charge in [0.05, 0.1) is 4.90 Å². The number of hydrogen-bond donors (Lipinski definition) is 1. The van der Waals surface area contributed by atoms with Gasteiger partial charge in [-0.3, -0.25) is 0 Å². The molecule has 0 atom stereocenters. The summed E-state index contributed by atoms with van der Waals surface area (Å²) in [6.07, 6.45) is 4.37. The molecule has 5 nitrogen and oxygen atoms in total. The Bertz CT molecular complexity index is 686. The number of rotatable bonds is 8. The standard InChI is InChI=1S/C12H18FNO4S3/c1-19-8-4-3-7-14-21(17,18)12-9-10(20(2,15)16)5-6-11(12)13/h5-6,9,14H,3-4,7-8H2,1-2H3. The van der Waals surface area contributed by atoms with Gasteiger partial charge in [-0.2, -0.15) is 11.8 Å². The smallest absolute Gasteiger partial charge is 0.224 e. The predicted molar refractivity (Wildman–Crippen MR) is 82.3 cm³/mol. The summed E-state index contributed by atoms with van der Waals surface area (Å²) in [5.41, 5.74) is 0. The van der Waals surface area contributed by atoms with Crippen molar-refractivity contribution in [2.24, 2.45) is 0 Å². The van der Waals surface area contributed by atoms with Gasteiger partial charge in [0.15, 0.2) is 9.84 Å². The van der Waals surface area contributed by atoms with E-state index in [4.69, 9.17) is 0 Å². The van der Waals surface area contributed by atoms with Crippen molar-refractivity contribution in [1.29, 1.82) is 0 Å². The normalized spacial score (nSPS) is 12.5. The summed E-state index contributed by atoms with van der Waals surface area (Å²) < 4.78 is 62.8. The van der Waals surface area contributed by atoms with Crippen molar-refractivity contribution in [1.82, 2.24) is 4.72 Å². The third-order valence-corrected chi connectivity index (χ3v) is 5.97. The summed E-state index contributed by atoms with van der Waals surface area (Å²) in [6.45, 7) is 0.186. The molecule has 0 heterocycles. The van der Waals surface area contributed by atoms with Crippen LogP contribution in [0.15, 0.2) is 28.0 Å². The van der Waals surface area contributed by atoms with Crippen molar-refractivity contribution in [3.05, 3.63) is 24.0 Å². The second-order valence-corrected chi connectivity index (χ2v) is 9.20. The monoisotopic (exact) mass is 355 g/mol. The van der Waals surface area contributed by atoms with Crippen LogP contribution in [0, 0.1) is 5.82 Å². The lowest BCUT2D eigenvalue weighted by Gasteiger charge is -2.09. The molecule has 21 heavy (non-hydrogen) atoms. The molecule has 0 aliphatic rings. The summed E-state index contributed by atoms with van der Waals surface area (Å²) in [4.78, 5) is -0.873. The molecule has 1 aromatic carbocycles. The molecule has 1 aromatic rings. The van der Waals surface area contributed by atoms with Crippen LogP contribution >= 0.6 is 11.8 Å². The van der Waals surface area contributed by atoms with E-state index in [0.29, 0.717) is 6.42 Å². The van der Waals surface area contributed by atoms with E-state index in [1.807, 2.05) is 6.26 Å². The molecule has 0 unspecified atom stereocenters. The Hall–Kier alpha value is -0.640. The van der Waals surface area contributed by atoms with Gasteiger partial charge in [0.1, 0.15) is 10.7 Å². The van der Waals surface area contributed by atoms with Gasteiger partial charge in [-0.1, -0.05) is 0 Å². The highest BCUT2D eigenvalue weighted by molar-refractivity contribution is 7.98.